The molecule has 0 radical (unpaired) electrons. The van der Waals surface area contributed by atoms with E-state index < -0.39 is 0 Å². The summed E-state index contributed by atoms with van der Waals surface area (Å²) in [6, 6.07) is 6.02. The molecule has 0 bridgehead atoms. The Labute approximate surface area is 152 Å². The SMILES string of the molecule is CCN(CC1CCN(c2ccccn2)CC1)C(=O)c1csc(CN)n1. The van der Waals surface area contributed by atoms with Gasteiger partial charge < -0.3 is 15.5 Å². The van der Waals surface area contributed by atoms with Gasteiger partial charge in [-0.25, -0.2) is 9.97 Å². The zero-order valence-corrected chi connectivity index (χ0v) is 15.4. The summed E-state index contributed by atoms with van der Waals surface area (Å²) in [6.45, 7) is 5.88. The summed E-state index contributed by atoms with van der Waals surface area (Å²) in [5.41, 5.74) is 6.12. The highest BCUT2D eigenvalue weighted by molar-refractivity contribution is 7.09. The second-order valence-electron chi connectivity index (χ2n) is 6.29. The minimum atomic E-state index is 0.0191. The van der Waals surface area contributed by atoms with E-state index in [-0.39, 0.29) is 5.91 Å². The van der Waals surface area contributed by atoms with Crippen molar-refractivity contribution in [2.45, 2.75) is 26.3 Å². The molecule has 1 aliphatic rings. The van der Waals surface area contributed by atoms with Crippen LogP contribution in [-0.2, 0) is 6.54 Å². The predicted octanol–water partition coefficient (Wildman–Crippen LogP) is 2.38. The number of aromatic nitrogens is 2. The molecule has 0 saturated carbocycles. The third-order valence-corrected chi connectivity index (χ3v) is 5.55. The number of rotatable bonds is 6. The van der Waals surface area contributed by atoms with Crippen molar-refractivity contribution >= 4 is 23.1 Å². The Bertz CT molecular complexity index is 682. The zero-order valence-electron chi connectivity index (χ0n) is 14.6. The van der Waals surface area contributed by atoms with Crippen LogP contribution >= 0.6 is 11.3 Å². The van der Waals surface area contributed by atoms with Crippen molar-refractivity contribution in [2.24, 2.45) is 11.7 Å². The number of pyridine rings is 1. The number of piperidine rings is 1. The Morgan fingerprint density at radius 1 is 1.40 bits per heavy atom. The highest BCUT2D eigenvalue weighted by Gasteiger charge is 2.25. The van der Waals surface area contributed by atoms with Crippen molar-refractivity contribution in [2.75, 3.05) is 31.1 Å². The maximum atomic E-state index is 12.7. The predicted molar refractivity (Wildman–Crippen MR) is 101 cm³/mol. The molecule has 1 aliphatic heterocycles. The third-order valence-electron chi connectivity index (χ3n) is 4.68. The van der Waals surface area contributed by atoms with E-state index in [0.717, 1.165) is 43.3 Å². The summed E-state index contributed by atoms with van der Waals surface area (Å²) < 4.78 is 0. The molecular weight excluding hydrogens is 334 g/mol. The van der Waals surface area contributed by atoms with Crippen LogP contribution in [0.3, 0.4) is 0 Å². The van der Waals surface area contributed by atoms with Crippen LogP contribution in [-0.4, -0.2) is 47.0 Å². The molecule has 1 amide bonds. The molecule has 0 unspecified atom stereocenters. The van der Waals surface area contributed by atoms with Crippen LogP contribution in [0.4, 0.5) is 5.82 Å². The molecular formula is C18H25N5OS. The molecule has 2 aromatic rings. The lowest BCUT2D eigenvalue weighted by atomic mass is 9.96. The first-order valence-corrected chi connectivity index (χ1v) is 9.69. The average Bonchev–Trinajstić information content (AvgIpc) is 3.16. The first-order chi connectivity index (χ1) is 12.2. The van der Waals surface area contributed by atoms with Crippen LogP contribution in [0.2, 0.25) is 0 Å². The van der Waals surface area contributed by atoms with Crippen LogP contribution in [0.5, 0.6) is 0 Å². The molecule has 0 atom stereocenters. The van der Waals surface area contributed by atoms with Crippen molar-refractivity contribution < 1.29 is 4.79 Å². The van der Waals surface area contributed by atoms with E-state index in [1.54, 1.807) is 0 Å². The first-order valence-electron chi connectivity index (χ1n) is 8.81. The van der Waals surface area contributed by atoms with Crippen molar-refractivity contribution in [1.29, 1.82) is 0 Å². The van der Waals surface area contributed by atoms with Crippen LogP contribution in [0.25, 0.3) is 0 Å². The Morgan fingerprint density at radius 2 is 2.20 bits per heavy atom. The zero-order chi connectivity index (χ0) is 17.6. The molecule has 134 valence electrons. The maximum Gasteiger partial charge on any atom is 0.273 e. The summed E-state index contributed by atoms with van der Waals surface area (Å²) in [4.78, 5) is 25.7. The lowest BCUT2D eigenvalue weighted by Gasteiger charge is -2.35. The number of amides is 1. The fourth-order valence-corrected chi connectivity index (χ4v) is 3.87. The molecule has 25 heavy (non-hydrogen) atoms. The topological polar surface area (TPSA) is 75.3 Å². The van der Waals surface area contributed by atoms with Crippen molar-refractivity contribution in [1.82, 2.24) is 14.9 Å². The second kappa shape index (κ2) is 8.40. The number of nitrogens with two attached hydrogens (primary N) is 1. The van der Waals surface area contributed by atoms with Crippen LogP contribution < -0.4 is 10.6 Å². The van der Waals surface area contributed by atoms with Gasteiger partial charge in [-0.1, -0.05) is 6.07 Å². The van der Waals surface area contributed by atoms with E-state index in [0.29, 0.717) is 24.7 Å². The second-order valence-corrected chi connectivity index (χ2v) is 7.24. The van der Waals surface area contributed by atoms with Gasteiger partial charge in [0.2, 0.25) is 0 Å². The number of carbonyl (C=O) groups is 1. The molecule has 0 aromatic carbocycles. The van der Waals surface area contributed by atoms with Gasteiger partial charge in [0.1, 0.15) is 16.5 Å². The van der Waals surface area contributed by atoms with Gasteiger partial charge in [-0.05, 0) is 37.8 Å². The quantitative estimate of drug-likeness (QED) is 0.857. The minimum Gasteiger partial charge on any atom is -0.357 e. The number of nitrogens with zero attached hydrogens (tertiary/aromatic N) is 4. The molecule has 3 rings (SSSR count). The largest absolute Gasteiger partial charge is 0.357 e. The number of hydrogen-bond acceptors (Lipinski definition) is 6. The Kier molecular flexibility index (Phi) is 5.99. The van der Waals surface area contributed by atoms with Crippen molar-refractivity contribution in [3.63, 3.8) is 0 Å². The van der Waals surface area contributed by atoms with Crippen LogP contribution in [0.1, 0.15) is 35.3 Å². The lowest BCUT2D eigenvalue weighted by Crippen LogP contribution is -2.41. The smallest absolute Gasteiger partial charge is 0.273 e. The summed E-state index contributed by atoms with van der Waals surface area (Å²) >= 11 is 1.45. The van der Waals surface area contributed by atoms with Gasteiger partial charge in [-0.15, -0.1) is 11.3 Å². The number of anilines is 1. The monoisotopic (exact) mass is 359 g/mol. The summed E-state index contributed by atoms with van der Waals surface area (Å²) in [5, 5.41) is 2.62. The molecule has 6 nitrogen and oxygen atoms in total. The van der Waals surface area contributed by atoms with E-state index in [1.165, 1.54) is 11.3 Å². The molecule has 1 saturated heterocycles. The maximum absolute atomic E-state index is 12.7. The minimum absolute atomic E-state index is 0.0191. The van der Waals surface area contributed by atoms with Crippen LogP contribution in [0.15, 0.2) is 29.8 Å². The molecule has 0 spiro atoms. The normalized spacial score (nSPS) is 15.4. The molecule has 0 aliphatic carbocycles. The molecule has 2 N–H and O–H groups in total. The van der Waals surface area contributed by atoms with Gasteiger partial charge in [0.15, 0.2) is 0 Å². The summed E-state index contributed by atoms with van der Waals surface area (Å²) in [5.74, 6) is 1.59. The Morgan fingerprint density at radius 3 is 2.80 bits per heavy atom. The highest BCUT2D eigenvalue weighted by Crippen LogP contribution is 2.23. The Hall–Kier alpha value is -1.99. The van der Waals surface area contributed by atoms with Gasteiger partial charge in [-0.3, -0.25) is 4.79 Å². The average molecular weight is 359 g/mol. The van der Waals surface area contributed by atoms with Crippen molar-refractivity contribution in [3.05, 3.63) is 40.5 Å². The van der Waals surface area contributed by atoms with E-state index in [2.05, 4.69) is 20.9 Å². The molecule has 3 heterocycles. The summed E-state index contributed by atoms with van der Waals surface area (Å²) in [7, 11) is 0. The van der Waals surface area contributed by atoms with E-state index in [1.807, 2.05) is 35.5 Å². The summed E-state index contributed by atoms with van der Waals surface area (Å²) in [6.07, 6.45) is 3.99. The fraction of sp³-hybridized carbons (Fsp3) is 0.500. The third kappa shape index (κ3) is 4.35. The fourth-order valence-electron chi connectivity index (χ4n) is 3.22. The molecule has 2 aromatic heterocycles. The number of carbonyl (C=O) groups excluding carboxylic acids is 1. The van der Waals surface area contributed by atoms with Gasteiger partial charge in [-0.2, -0.15) is 0 Å². The first kappa shape index (κ1) is 17.8. The van der Waals surface area contributed by atoms with Gasteiger partial charge in [0.25, 0.3) is 5.91 Å². The van der Waals surface area contributed by atoms with Gasteiger partial charge in [0.05, 0.1) is 0 Å². The molecule has 1 fully saturated rings. The van der Waals surface area contributed by atoms with Gasteiger partial charge >= 0.3 is 0 Å². The Balaban J connectivity index is 1.55. The van der Waals surface area contributed by atoms with Gasteiger partial charge in [0, 0.05) is 44.3 Å². The molecule has 7 heteroatoms. The van der Waals surface area contributed by atoms with E-state index >= 15 is 0 Å². The lowest BCUT2D eigenvalue weighted by molar-refractivity contribution is 0.0724. The van der Waals surface area contributed by atoms with Crippen molar-refractivity contribution in [3.8, 4) is 0 Å². The number of hydrogen-bond donors (Lipinski definition) is 1. The van der Waals surface area contributed by atoms with E-state index in [4.69, 9.17) is 5.73 Å². The highest BCUT2D eigenvalue weighted by atomic mass is 32.1. The van der Waals surface area contributed by atoms with Crippen LogP contribution in [0, 0.1) is 5.92 Å². The van der Waals surface area contributed by atoms with E-state index in [9.17, 15) is 4.79 Å². The standard InChI is InChI=1S/C18H25N5OS/c1-2-22(18(24)15-13-25-17(11-19)21-15)12-14-6-9-23(10-7-14)16-5-3-4-8-20-16/h3-5,8,13-14H,2,6-7,9-12,19H2,1H3. The number of thiazole rings is 1.